The zero-order valence-electron chi connectivity index (χ0n) is 16.2. The van der Waals surface area contributed by atoms with Gasteiger partial charge in [0.15, 0.2) is 0 Å². The van der Waals surface area contributed by atoms with Crippen LogP contribution >= 0.6 is 11.6 Å². The number of rotatable bonds is 5. The minimum atomic E-state index is 0.0401. The van der Waals surface area contributed by atoms with E-state index in [-0.39, 0.29) is 11.5 Å². The van der Waals surface area contributed by atoms with Gasteiger partial charge in [0.1, 0.15) is 5.02 Å². The van der Waals surface area contributed by atoms with E-state index in [2.05, 4.69) is 55.3 Å². The summed E-state index contributed by atoms with van der Waals surface area (Å²) in [6.45, 7) is 6.71. The normalized spacial score (nSPS) is 16.7. The Morgan fingerprint density at radius 1 is 1.08 bits per heavy atom. The molecule has 2 aromatic rings. The number of methoxy groups -OCH3 is 1. The molecule has 1 aromatic carbocycles. The monoisotopic (exact) mass is 372 g/mol. The molecule has 0 radical (unpaired) electrons. The number of hydrogen-bond donors (Lipinski definition) is 1. The van der Waals surface area contributed by atoms with Crippen molar-refractivity contribution in [1.29, 1.82) is 0 Å². The van der Waals surface area contributed by atoms with E-state index in [0.29, 0.717) is 16.9 Å². The van der Waals surface area contributed by atoms with Crippen molar-refractivity contribution in [1.82, 2.24) is 10.3 Å². The predicted molar refractivity (Wildman–Crippen MR) is 108 cm³/mol. The Kier molecular flexibility index (Phi) is 5.89. The predicted octanol–water partition coefficient (Wildman–Crippen LogP) is 5.66. The van der Waals surface area contributed by atoms with Crippen LogP contribution in [0.25, 0.3) is 0 Å². The van der Waals surface area contributed by atoms with Gasteiger partial charge in [-0.1, -0.05) is 69.5 Å². The molecule has 1 heterocycles. The lowest BCUT2D eigenvalue weighted by Gasteiger charge is -2.25. The van der Waals surface area contributed by atoms with Gasteiger partial charge in [0.2, 0.25) is 5.88 Å². The molecule has 1 N–H and O–H groups in total. The van der Waals surface area contributed by atoms with Gasteiger partial charge in [-0.3, -0.25) is 0 Å². The quantitative estimate of drug-likeness (QED) is 0.734. The highest BCUT2D eigenvalue weighted by atomic mass is 35.5. The van der Waals surface area contributed by atoms with Gasteiger partial charge in [-0.2, -0.15) is 0 Å². The van der Waals surface area contributed by atoms with Crippen LogP contribution in [-0.4, -0.2) is 18.1 Å². The molecule has 0 spiro atoms. The summed E-state index contributed by atoms with van der Waals surface area (Å²) in [7, 11) is 1.61. The van der Waals surface area contributed by atoms with E-state index in [9.17, 15) is 0 Å². The first-order chi connectivity index (χ1) is 12.4. The average Bonchev–Trinajstić information content (AvgIpc) is 3.13. The standard InChI is InChI=1S/C22H29ClN2O/c1-22(2,3)16-11-9-15(10-12-16)20(24-17-7-5-6-8-17)19-14-13-18(23)21(25-19)26-4/h9-14,17,20,24H,5-8H2,1-4H3. The maximum absolute atomic E-state index is 6.18. The summed E-state index contributed by atoms with van der Waals surface area (Å²) in [4.78, 5) is 4.66. The number of hydrogen-bond acceptors (Lipinski definition) is 3. The molecule has 0 amide bonds. The van der Waals surface area contributed by atoms with Gasteiger partial charge in [-0.25, -0.2) is 4.98 Å². The van der Waals surface area contributed by atoms with Crippen LogP contribution in [0.1, 0.15) is 69.3 Å². The molecule has 4 heteroatoms. The third-order valence-electron chi connectivity index (χ3n) is 5.19. The Balaban J connectivity index is 1.95. The lowest BCUT2D eigenvalue weighted by atomic mass is 9.86. The number of pyridine rings is 1. The van der Waals surface area contributed by atoms with Gasteiger partial charge in [-0.15, -0.1) is 0 Å². The summed E-state index contributed by atoms with van der Waals surface area (Å²) in [5.74, 6) is 0.480. The zero-order chi connectivity index (χ0) is 18.7. The van der Waals surface area contributed by atoms with Crippen LogP contribution in [0.15, 0.2) is 36.4 Å². The summed E-state index contributed by atoms with van der Waals surface area (Å²) in [5, 5.41) is 4.36. The number of nitrogens with zero attached hydrogens (tertiary/aromatic N) is 1. The Labute approximate surface area is 162 Å². The highest BCUT2D eigenvalue weighted by Crippen LogP contribution is 2.31. The Bertz CT molecular complexity index is 731. The first-order valence-corrected chi connectivity index (χ1v) is 9.83. The summed E-state index contributed by atoms with van der Waals surface area (Å²) in [5.41, 5.74) is 3.65. The van der Waals surface area contributed by atoms with Crippen LogP contribution in [0.5, 0.6) is 5.88 Å². The minimum Gasteiger partial charge on any atom is -0.480 e. The maximum Gasteiger partial charge on any atom is 0.232 e. The molecule has 1 aliphatic carbocycles. The lowest BCUT2D eigenvalue weighted by molar-refractivity contribution is 0.392. The second kappa shape index (κ2) is 7.98. The molecule has 3 nitrogen and oxygen atoms in total. The summed E-state index contributed by atoms with van der Waals surface area (Å²) >= 11 is 6.18. The van der Waals surface area contributed by atoms with Gasteiger partial charge in [0.25, 0.3) is 0 Å². The van der Waals surface area contributed by atoms with Crippen molar-refractivity contribution >= 4 is 11.6 Å². The molecule has 1 unspecified atom stereocenters. The van der Waals surface area contributed by atoms with Gasteiger partial charge in [-0.05, 0) is 41.5 Å². The molecule has 1 atom stereocenters. The Morgan fingerprint density at radius 2 is 1.73 bits per heavy atom. The van der Waals surface area contributed by atoms with Crippen LogP contribution in [-0.2, 0) is 5.41 Å². The highest BCUT2D eigenvalue weighted by molar-refractivity contribution is 6.31. The van der Waals surface area contributed by atoms with Gasteiger partial charge in [0.05, 0.1) is 18.8 Å². The van der Waals surface area contributed by atoms with E-state index < -0.39 is 0 Å². The molecule has 1 fully saturated rings. The van der Waals surface area contributed by atoms with Crippen molar-refractivity contribution in [2.24, 2.45) is 0 Å². The van der Waals surface area contributed by atoms with E-state index in [1.807, 2.05) is 12.1 Å². The molecule has 1 aliphatic rings. The van der Waals surface area contributed by atoms with Crippen LogP contribution in [0.3, 0.4) is 0 Å². The first-order valence-electron chi connectivity index (χ1n) is 9.45. The zero-order valence-corrected chi connectivity index (χ0v) is 16.9. The van der Waals surface area contributed by atoms with Crippen LogP contribution in [0.2, 0.25) is 5.02 Å². The van der Waals surface area contributed by atoms with Gasteiger partial charge in [0, 0.05) is 6.04 Å². The van der Waals surface area contributed by atoms with Gasteiger partial charge >= 0.3 is 0 Å². The summed E-state index contributed by atoms with van der Waals surface area (Å²) in [6.07, 6.45) is 5.04. The smallest absolute Gasteiger partial charge is 0.232 e. The second-order valence-corrected chi connectivity index (χ2v) is 8.59. The Morgan fingerprint density at radius 3 is 2.31 bits per heavy atom. The SMILES string of the molecule is COc1nc(C(NC2CCCC2)c2ccc(C(C)(C)C)cc2)ccc1Cl. The number of ether oxygens (including phenoxy) is 1. The maximum atomic E-state index is 6.18. The molecule has 0 bridgehead atoms. The fraction of sp³-hybridized carbons (Fsp3) is 0.500. The third-order valence-corrected chi connectivity index (χ3v) is 5.48. The van der Waals surface area contributed by atoms with E-state index in [1.165, 1.54) is 36.8 Å². The van der Waals surface area contributed by atoms with Crippen molar-refractivity contribution in [3.8, 4) is 5.88 Å². The first kappa shape index (κ1) is 19.2. The van der Waals surface area contributed by atoms with Crippen LogP contribution < -0.4 is 10.1 Å². The Hall–Kier alpha value is -1.58. The van der Waals surface area contributed by atoms with Crippen molar-refractivity contribution in [3.63, 3.8) is 0 Å². The topological polar surface area (TPSA) is 34.1 Å². The molecule has 26 heavy (non-hydrogen) atoms. The number of aromatic nitrogens is 1. The molecule has 3 rings (SSSR count). The molecular weight excluding hydrogens is 344 g/mol. The number of halogens is 1. The molecule has 140 valence electrons. The van der Waals surface area contributed by atoms with Crippen molar-refractivity contribution in [3.05, 3.63) is 58.2 Å². The molecule has 0 aliphatic heterocycles. The summed E-state index contributed by atoms with van der Waals surface area (Å²) < 4.78 is 5.33. The van der Waals surface area contributed by atoms with Crippen LogP contribution in [0.4, 0.5) is 0 Å². The fourth-order valence-corrected chi connectivity index (χ4v) is 3.78. The molecule has 1 saturated carbocycles. The lowest BCUT2D eigenvalue weighted by Crippen LogP contribution is -2.32. The third kappa shape index (κ3) is 4.39. The number of nitrogens with one attached hydrogen (secondary N) is 1. The second-order valence-electron chi connectivity index (χ2n) is 8.18. The van der Waals surface area contributed by atoms with E-state index in [1.54, 1.807) is 7.11 Å². The molecule has 0 saturated heterocycles. The molecule has 1 aromatic heterocycles. The minimum absolute atomic E-state index is 0.0401. The van der Waals surface area contributed by atoms with Crippen molar-refractivity contribution in [2.75, 3.05) is 7.11 Å². The number of benzene rings is 1. The van der Waals surface area contributed by atoms with E-state index in [4.69, 9.17) is 16.3 Å². The fourth-order valence-electron chi connectivity index (χ4n) is 3.60. The van der Waals surface area contributed by atoms with E-state index >= 15 is 0 Å². The summed E-state index contributed by atoms with van der Waals surface area (Å²) in [6, 6.07) is 13.3. The van der Waals surface area contributed by atoms with Crippen molar-refractivity contribution in [2.45, 2.75) is 64.0 Å². The van der Waals surface area contributed by atoms with Gasteiger partial charge < -0.3 is 10.1 Å². The van der Waals surface area contributed by atoms with Crippen LogP contribution in [0, 0.1) is 0 Å². The highest BCUT2D eigenvalue weighted by Gasteiger charge is 2.24. The molecular formula is C22H29ClN2O. The largest absolute Gasteiger partial charge is 0.480 e. The van der Waals surface area contributed by atoms with E-state index in [0.717, 1.165) is 5.69 Å². The van der Waals surface area contributed by atoms with Crippen molar-refractivity contribution < 1.29 is 4.74 Å². The average molecular weight is 373 g/mol.